The van der Waals surface area contributed by atoms with E-state index in [1.807, 2.05) is 66.7 Å². The molecule has 0 bridgehead atoms. The number of rotatable bonds is 6. The van der Waals surface area contributed by atoms with Crippen LogP contribution in [-0.4, -0.2) is 10.9 Å². The number of amides is 1. The van der Waals surface area contributed by atoms with E-state index in [0.29, 0.717) is 6.54 Å². The number of nitrogens with zero attached hydrogens (tertiary/aromatic N) is 1. The first-order valence-electron chi connectivity index (χ1n) is 9.28. The van der Waals surface area contributed by atoms with E-state index in [1.54, 1.807) is 12.1 Å². The molecular weight excluding hydrogens is 383 g/mol. The van der Waals surface area contributed by atoms with Gasteiger partial charge in [-0.15, -0.1) is 0 Å². The second kappa shape index (κ2) is 8.88. The summed E-state index contributed by atoms with van der Waals surface area (Å²) in [5.41, 5.74) is 2.65. The number of pyridine rings is 1. The molecule has 0 saturated heterocycles. The minimum Gasteiger partial charge on any atom is -0.351 e. The summed E-state index contributed by atoms with van der Waals surface area (Å²) in [7, 11) is 0. The van der Waals surface area contributed by atoms with Gasteiger partial charge < -0.3 is 5.32 Å². The first-order chi connectivity index (χ1) is 14.2. The van der Waals surface area contributed by atoms with Crippen LogP contribution in [0.2, 0.25) is 0 Å². The summed E-state index contributed by atoms with van der Waals surface area (Å²) >= 11 is 1.42. The van der Waals surface area contributed by atoms with Gasteiger partial charge in [0.25, 0.3) is 0 Å². The van der Waals surface area contributed by atoms with Crippen LogP contribution in [0.5, 0.6) is 0 Å². The second-order valence-corrected chi connectivity index (χ2v) is 7.72. The zero-order valence-electron chi connectivity index (χ0n) is 15.6. The summed E-state index contributed by atoms with van der Waals surface area (Å²) in [4.78, 5) is 17.7. The number of halogens is 1. The highest BCUT2D eigenvalue weighted by Gasteiger charge is 2.22. The molecule has 0 aliphatic carbocycles. The van der Waals surface area contributed by atoms with Crippen LogP contribution in [0.15, 0.2) is 96.0 Å². The smallest absolute Gasteiger partial charge is 0.238 e. The van der Waals surface area contributed by atoms with Gasteiger partial charge in [0.05, 0.1) is 10.5 Å². The number of hydrogen-bond donors (Lipinski definition) is 1. The maximum atomic E-state index is 13.1. The molecule has 1 atom stereocenters. The lowest BCUT2D eigenvalue weighted by Crippen LogP contribution is -2.27. The number of nitrogens with one attached hydrogen (secondary N) is 1. The number of hydrogen-bond acceptors (Lipinski definition) is 3. The minimum atomic E-state index is -0.440. The van der Waals surface area contributed by atoms with E-state index in [-0.39, 0.29) is 11.7 Å². The van der Waals surface area contributed by atoms with Crippen molar-refractivity contribution in [3.63, 3.8) is 0 Å². The molecule has 4 rings (SSSR count). The van der Waals surface area contributed by atoms with Crippen molar-refractivity contribution < 1.29 is 9.18 Å². The lowest BCUT2D eigenvalue weighted by atomic mass is 10.1. The van der Waals surface area contributed by atoms with Crippen molar-refractivity contribution in [2.75, 3.05) is 0 Å². The van der Waals surface area contributed by atoms with Gasteiger partial charge in [0.1, 0.15) is 11.1 Å². The van der Waals surface area contributed by atoms with Crippen LogP contribution in [0, 0.1) is 5.82 Å². The quantitative estimate of drug-likeness (QED) is 0.432. The fourth-order valence-corrected chi connectivity index (χ4v) is 4.04. The molecule has 0 fully saturated rings. The highest BCUT2D eigenvalue weighted by molar-refractivity contribution is 8.00. The van der Waals surface area contributed by atoms with Crippen molar-refractivity contribution >= 4 is 28.6 Å². The molecule has 0 aliphatic heterocycles. The van der Waals surface area contributed by atoms with Crippen molar-refractivity contribution in [2.24, 2.45) is 0 Å². The molecule has 3 aromatic carbocycles. The average molecular weight is 402 g/mol. The highest BCUT2D eigenvalue weighted by Crippen LogP contribution is 2.35. The van der Waals surface area contributed by atoms with Crippen LogP contribution in [0.1, 0.15) is 16.4 Å². The molecule has 0 spiro atoms. The fraction of sp³-hybridized carbons (Fsp3) is 0.0833. The normalized spacial score (nSPS) is 11.9. The predicted octanol–water partition coefficient (Wildman–Crippen LogP) is 5.52. The topological polar surface area (TPSA) is 42.0 Å². The Bertz CT molecular complexity index is 1120. The summed E-state index contributed by atoms with van der Waals surface area (Å²) in [6.45, 7) is 0.341. The van der Waals surface area contributed by atoms with E-state index in [1.165, 1.54) is 23.9 Å². The van der Waals surface area contributed by atoms with Gasteiger partial charge in [-0.3, -0.25) is 4.79 Å². The molecule has 1 amide bonds. The van der Waals surface area contributed by atoms with Gasteiger partial charge in [-0.05, 0) is 35.4 Å². The molecule has 5 heteroatoms. The van der Waals surface area contributed by atoms with Gasteiger partial charge in [-0.1, -0.05) is 78.5 Å². The number of benzene rings is 3. The Morgan fingerprint density at radius 3 is 2.41 bits per heavy atom. The van der Waals surface area contributed by atoms with Gasteiger partial charge in [0, 0.05) is 11.9 Å². The van der Waals surface area contributed by atoms with Gasteiger partial charge in [-0.25, -0.2) is 9.37 Å². The van der Waals surface area contributed by atoms with Crippen molar-refractivity contribution in [3.8, 4) is 0 Å². The molecule has 1 heterocycles. The first-order valence-corrected chi connectivity index (χ1v) is 10.2. The van der Waals surface area contributed by atoms with E-state index in [4.69, 9.17) is 4.98 Å². The summed E-state index contributed by atoms with van der Waals surface area (Å²) in [6.07, 6.45) is 0. The zero-order valence-corrected chi connectivity index (χ0v) is 16.4. The molecule has 0 saturated carbocycles. The van der Waals surface area contributed by atoms with Crippen molar-refractivity contribution in [2.45, 2.75) is 16.8 Å². The molecule has 0 aliphatic rings. The van der Waals surface area contributed by atoms with Crippen molar-refractivity contribution in [3.05, 3.63) is 108 Å². The Balaban J connectivity index is 1.55. The van der Waals surface area contributed by atoms with Gasteiger partial charge in [0.15, 0.2) is 0 Å². The molecule has 3 nitrogen and oxygen atoms in total. The van der Waals surface area contributed by atoms with E-state index in [0.717, 1.165) is 27.1 Å². The molecular formula is C24H19FN2OS. The molecule has 4 aromatic rings. The van der Waals surface area contributed by atoms with Crippen LogP contribution in [0.3, 0.4) is 0 Å². The molecule has 1 N–H and O–H groups in total. The number of carbonyl (C=O) groups is 1. The molecule has 0 unspecified atom stereocenters. The summed E-state index contributed by atoms with van der Waals surface area (Å²) in [6, 6.07) is 27.6. The third kappa shape index (κ3) is 4.81. The minimum absolute atomic E-state index is 0.111. The summed E-state index contributed by atoms with van der Waals surface area (Å²) < 4.78 is 13.1. The van der Waals surface area contributed by atoms with E-state index in [9.17, 15) is 9.18 Å². The van der Waals surface area contributed by atoms with Crippen LogP contribution in [0.4, 0.5) is 4.39 Å². The van der Waals surface area contributed by atoms with E-state index in [2.05, 4.69) is 5.32 Å². The number of thioether (sulfide) groups is 1. The monoisotopic (exact) mass is 402 g/mol. The maximum absolute atomic E-state index is 13.1. The van der Waals surface area contributed by atoms with Crippen LogP contribution < -0.4 is 5.32 Å². The third-order valence-corrected chi connectivity index (χ3v) is 5.72. The number of para-hydroxylation sites is 1. The van der Waals surface area contributed by atoms with Crippen LogP contribution >= 0.6 is 11.8 Å². The fourth-order valence-electron chi connectivity index (χ4n) is 3.02. The SMILES string of the molecule is O=C(NCc1ccc(F)cc1)[C@@H](Sc1ccc2ccccc2n1)c1ccccc1. The standard InChI is InChI=1S/C24H19FN2OS/c25-20-13-10-17(11-14-20)16-26-24(28)23(19-7-2-1-3-8-19)29-22-15-12-18-6-4-5-9-21(18)27-22/h1-15,23H,16H2,(H,26,28)/t23-/m0/s1. The van der Waals surface area contributed by atoms with E-state index >= 15 is 0 Å². The number of aromatic nitrogens is 1. The third-order valence-electron chi connectivity index (χ3n) is 4.53. The lowest BCUT2D eigenvalue weighted by molar-refractivity contribution is -0.120. The predicted molar refractivity (Wildman–Crippen MR) is 115 cm³/mol. The maximum Gasteiger partial charge on any atom is 0.238 e. The zero-order chi connectivity index (χ0) is 20.1. The Kier molecular flexibility index (Phi) is 5.86. The van der Waals surface area contributed by atoms with Crippen LogP contribution in [-0.2, 0) is 11.3 Å². The Morgan fingerprint density at radius 2 is 1.62 bits per heavy atom. The van der Waals surface area contributed by atoms with Crippen molar-refractivity contribution in [1.82, 2.24) is 10.3 Å². The molecule has 144 valence electrons. The van der Waals surface area contributed by atoms with E-state index < -0.39 is 5.25 Å². The Labute approximate surface area is 173 Å². The molecule has 29 heavy (non-hydrogen) atoms. The van der Waals surface area contributed by atoms with Gasteiger partial charge in [-0.2, -0.15) is 0 Å². The average Bonchev–Trinajstić information content (AvgIpc) is 2.77. The summed E-state index contributed by atoms with van der Waals surface area (Å²) in [5, 5.41) is 4.38. The first kappa shape index (κ1) is 19.2. The number of fused-ring (bicyclic) bond motifs is 1. The molecule has 0 radical (unpaired) electrons. The van der Waals surface area contributed by atoms with Gasteiger partial charge in [0.2, 0.25) is 5.91 Å². The number of carbonyl (C=O) groups excluding carboxylic acids is 1. The summed E-state index contributed by atoms with van der Waals surface area (Å²) in [5.74, 6) is -0.402. The Morgan fingerprint density at radius 1 is 0.897 bits per heavy atom. The second-order valence-electron chi connectivity index (χ2n) is 6.60. The largest absolute Gasteiger partial charge is 0.351 e. The lowest BCUT2D eigenvalue weighted by Gasteiger charge is -2.17. The Hall–Kier alpha value is -3.18. The molecule has 1 aromatic heterocycles. The highest BCUT2D eigenvalue weighted by atomic mass is 32.2. The van der Waals surface area contributed by atoms with Crippen molar-refractivity contribution in [1.29, 1.82) is 0 Å². The van der Waals surface area contributed by atoms with Crippen LogP contribution in [0.25, 0.3) is 10.9 Å². The van der Waals surface area contributed by atoms with Gasteiger partial charge >= 0.3 is 0 Å².